The first-order valence-corrected chi connectivity index (χ1v) is 8.67. The Bertz CT molecular complexity index is 718. The second kappa shape index (κ2) is 9.26. The van der Waals surface area contributed by atoms with Crippen molar-refractivity contribution < 1.29 is 65.9 Å². The molecular weight excluding hydrogens is 513 g/mol. The van der Waals surface area contributed by atoms with Gasteiger partial charge in [0.25, 0.3) is 0 Å². The maximum atomic E-state index is 13.9. The van der Waals surface area contributed by atoms with Gasteiger partial charge >= 0.3 is 41.5 Å². The van der Waals surface area contributed by atoms with Crippen LogP contribution in [0.2, 0.25) is 0 Å². The van der Waals surface area contributed by atoms with Crippen molar-refractivity contribution in [3.8, 4) is 12.1 Å². The quantitative estimate of drug-likeness (QED) is 0.220. The number of hydrogen-bond acceptors (Lipinski definition) is 3. The van der Waals surface area contributed by atoms with Crippen LogP contribution in [0, 0.1) is 28.1 Å². The lowest BCUT2D eigenvalue weighted by atomic mass is 9.78. The van der Waals surface area contributed by atoms with Gasteiger partial charge in [-0.2, -0.15) is 67.6 Å². The number of nitrogens with zero attached hydrogens (tertiary/aromatic N) is 2. The fourth-order valence-electron chi connectivity index (χ4n) is 2.13. The third-order valence-corrected chi connectivity index (χ3v) is 4.73. The van der Waals surface area contributed by atoms with Crippen LogP contribution in [-0.4, -0.2) is 47.3 Å². The molecule has 0 saturated carbocycles. The zero-order valence-corrected chi connectivity index (χ0v) is 15.7. The third-order valence-electron chi connectivity index (χ3n) is 3.91. The predicted octanol–water partition coefficient (Wildman–Crippen LogP) is 6.88. The first kappa shape index (κ1) is 30.3. The summed E-state index contributed by atoms with van der Waals surface area (Å²) in [6, 6.07) is 1.33. The zero-order chi connectivity index (χ0) is 26.0. The van der Waals surface area contributed by atoms with Gasteiger partial charge in [-0.3, -0.25) is 0 Å². The van der Waals surface area contributed by atoms with Crippen LogP contribution in [0.25, 0.3) is 0 Å². The zero-order valence-electron chi connectivity index (χ0n) is 14.9. The lowest BCUT2D eigenvalue weighted by molar-refractivity contribution is -0.414. The minimum absolute atomic E-state index is 0.664. The molecule has 0 fully saturated rings. The summed E-state index contributed by atoms with van der Waals surface area (Å²) in [6.07, 6.45) is -11.0. The number of rotatable bonds is 11. The van der Waals surface area contributed by atoms with E-state index in [9.17, 15) is 65.9 Å². The Morgan fingerprint density at radius 2 is 1.12 bits per heavy atom. The van der Waals surface area contributed by atoms with Crippen molar-refractivity contribution in [2.75, 3.05) is 5.75 Å². The third kappa shape index (κ3) is 5.60. The van der Waals surface area contributed by atoms with Gasteiger partial charge in [0, 0.05) is 12.2 Å². The molecule has 0 aromatic carbocycles. The number of alkyl halides is 15. The Morgan fingerprint density at radius 1 is 0.688 bits per heavy atom. The maximum absolute atomic E-state index is 13.9. The van der Waals surface area contributed by atoms with Crippen molar-refractivity contribution in [2.45, 2.75) is 60.8 Å². The van der Waals surface area contributed by atoms with Gasteiger partial charge in [0.05, 0.1) is 12.1 Å². The molecule has 0 radical (unpaired) electrons. The average molecular weight is 522 g/mol. The Hall–Kier alpha value is -1.72. The largest absolute Gasteiger partial charge is 0.441 e. The molecule has 0 rings (SSSR count). The molecule has 2 nitrogen and oxygen atoms in total. The molecule has 0 N–H and O–H groups in total. The molecule has 0 unspecified atom stereocenters. The van der Waals surface area contributed by atoms with Crippen molar-refractivity contribution >= 4 is 11.8 Å². The van der Waals surface area contributed by atoms with Gasteiger partial charge in [-0.1, -0.05) is 11.8 Å². The molecule has 186 valence electrons. The highest BCUT2D eigenvalue weighted by Gasteiger charge is 2.88. The molecular formula is C14H9F15N2S. The van der Waals surface area contributed by atoms with E-state index in [0.29, 0.717) is 12.1 Å². The van der Waals surface area contributed by atoms with E-state index >= 15 is 0 Å². The Kier molecular flexibility index (Phi) is 8.76. The lowest BCUT2D eigenvalue weighted by Crippen LogP contribution is -2.69. The van der Waals surface area contributed by atoms with E-state index in [4.69, 9.17) is 10.5 Å². The van der Waals surface area contributed by atoms with Crippen LogP contribution in [0.5, 0.6) is 0 Å². The molecule has 0 atom stereocenters. The first-order valence-electron chi connectivity index (χ1n) is 7.68. The molecule has 0 aliphatic heterocycles. The predicted molar refractivity (Wildman–Crippen MR) is 76.8 cm³/mol. The topological polar surface area (TPSA) is 47.6 Å². The molecule has 0 bridgehead atoms. The van der Waals surface area contributed by atoms with Crippen molar-refractivity contribution in [3.05, 3.63) is 0 Å². The summed E-state index contributed by atoms with van der Waals surface area (Å²) in [5, 5.41) is 17.6. The number of nitriles is 2. The molecule has 0 aromatic rings. The molecule has 18 heteroatoms. The Morgan fingerprint density at radius 3 is 1.47 bits per heavy atom. The minimum Gasteiger partial charge on any atom is -0.203 e. The Labute approximate surface area is 173 Å². The molecule has 0 heterocycles. The van der Waals surface area contributed by atoms with Crippen LogP contribution >= 0.6 is 11.8 Å². The van der Waals surface area contributed by atoms with Gasteiger partial charge in [0.1, 0.15) is 5.41 Å². The summed E-state index contributed by atoms with van der Waals surface area (Å²) in [5.74, 6) is -37.8. The highest BCUT2D eigenvalue weighted by atomic mass is 32.2. The molecule has 0 aliphatic carbocycles. The summed E-state index contributed by atoms with van der Waals surface area (Å²) in [7, 11) is 0. The van der Waals surface area contributed by atoms with E-state index in [1.807, 2.05) is 0 Å². The molecule has 0 saturated heterocycles. The van der Waals surface area contributed by atoms with E-state index in [0.717, 1.165) is 0 Å². The van der Waals surface area contributed by atoms with Gasteiger partial charge < -0.3 is 0 Å². The molecule has 0 amide bonds. The van der Waals surface area contributed by atoms with Gasteiger partial charge in [-0.15, -0.1) is 0 Å². The summed E-state index contributed by atoms with van der Waals surface area (Å²) >= 11 is -0.796. The molecule has 32 heavy (non-hydrogen) atoms. The monoisotopic (exact) mass is 522 g/mol. The molecule has 0 aliphatic rings. The van der Waals surface area contributed by atoms with Crippen LogP contribution in [0.15, 0.2) is 0 Å². The summed E-state index contributed by atoms with van der Waals surface area (Å²) in [4.78, 5) is 0. The summed E-state index contributed by atoms with van der Waals surface area (Å²) < 4.78 is 194. The summed E-state index contributed by atoms with van der Waals surface area (Å²) in [5.41, 5.74) is -8.32. The van der Waals surface area contributed by atoms with E-state index in [1.54, 1.807) is 0 Å². The summed E-state index contributed by atoms with van der Waals surface area (Å²) in [6.45, 7) is 0. The van der Waals surface area contributed by atoms with Crippen LogP contribution in [-0.2, 0) is 0 Å². The van der Waals surface area contributed by atoms with Crippen molar-refractivity contribution in [2.24, 2.45) is 5.41 Å². The van der Waals surface area contributed by atoms with Gasteiger partial charge in [-0.25, -0.2) is 8.78 Å². The fourth-order valence-corrected chi connectivity index (χ4v) is 2.65. The Balaban J connectivity index is 6.03. The van der Waals surface area contributed by atoms with Crippen LogP contribution in [0.4, 0.5) is 65.9 Å². The maximum Gasteiger partial charge on any atom is 0.441 e. The lowest BCUT2D eigenvalue weighted by Gasteiger charge is -2.40. The van der Waals surface area contributed by atoms with E-state index < -0.39 is 83.7 Å². The average Bonchev–Trinajstić information content (AvgIpc) is 2.62. The second-order valence-electron chi connectivity index (χ2n) is 6.23. The van der Waals surface area contributed by atoms with E-state index in [-0.39, 0.29) is 0 Å². The van der Waals surface area contributed by atoms with Crippen molar-refractivity contribution in [3.63, 3.8) is 0 Å². The number of hydrogen-bond donors (Lipinski definition) is 0. The molecule has 0 spiro atoms. The van der Waals surface area contributed by atoms with Gasteiger partial charge in [0.15, 0.2) is 0 Å². The smallest absolute Gasteiger partial charge is 0.203 e. The van der Waals surface area contributed by atoms with Crippen LogP contribution in [0.3, 0.4) is 0 Å². The van der Waals surface area contributed by atoms with E-state index in [2.05, 4.69) is 0 Å². The fraction of sp³-hybridized carbons (Fsp3) is 0.857. The van der Waals surface area contributed by atoms with Gasteiger partial charge in [0.2, 0.25) is 0 Å². The minimum atomic E-state index is -7.83. The van der Waals surface area contributed by atoms with Crippen LogP contribution in [0.1, 0.15) is 19.3 Å². The number of thioether (sulfide) groups is 1. The van der Waals surface area contributed by atoms with Crippen molar-refractivity contribution in [1.29, 1.82) is 10.5 Å². The SMILES string of the molecule is N#CC(C#N)(CCCSC(F)(F)F)CC(F)(F)C(F)(F)C(F)(F)C(F)(F)C(F)(F)C(F)F. The second-order valence-corrected chi connectivity index (χ2v) is 7.39. The molecule has 0 aromatic heterocycles. The normalized spacial score (nSPS) is 14.9. The van der Waals surface area contributed by atoms with E-state index in [1.165, 1.54) is 0 Å². The first-order chi connectivity index (χ1) is 14.0. The standard InChI is InChI=1S/C14H9F15N2S/c15-7(16)10(19,20)12(23,24)13(25,26)11(21,22)9(17,18)4-8(5-30,6-31)2-1-3-32-14(27,28)29/h7H,1-4H2. The highest BCUT2D eigenvalue weighted by molar-refractivity contribution is 8.00. The van der Waals surface area contributed by atoms with Crippen LogP contribution < -0.4 is 0 Å². The highest BCUT2D eigenvalue weighted by Crippen LogP contribution is 2.60. The van der Waals surface area contributed by atoms with Gasteiger partial charge in [-0.05, 0) is 12.8 Å². The number of halogens is 15. The van der Waals surface area contributed by atoms with Crippen molar-refractivity contribution in [1.82, 2.24) is 0 Å².